The van der Waals surface area contributed by atoms with E-state index < -0.39 is 18.3 Å². The third-order valence-electron chi connectivity index (χ3n) is 5.26. The molecule has 2 aliphatic rings. The van der Waals surface area contributed by atoms with E-state index in [0.29, 0.717) is 5.57 Å². The van der Waals surface area contributed by atoms with Crippen molar-refractivity contribution in [1.29, 1.82) is 0 Å². The highest BCUT2D eigenvalue weighted by Crippen LogP contribution is 2.45. The van der Waals surface area contributed by atoms with E-state index in [1.54, 1.807) is 11.3 Å². The van der Waals surface area contributed by atoms with Crippen molar-refractivity contribution >= 4 is 41.1 Å². The zero-order chi connectivity index (χ0) is 17.8. The van der Waals surface area contributed by atoms with Gasteiger partial charge in [-0.15, -0.1) is 0 Å². The van der Waals surface area contributed by atoms with Gasteiger partial charge in [0.15, 0.2) is 0 Å². The Bertz CT molecular complexity index is 855. The number of benzene rings is 1. The highest BCUT2D eigenvalue weighted by atomic mass is 32.1. The minimum atomic E-state index is -0.591. The number of fused-ring (bicyclic) bond motifs is 1. The molecule has 128 valence electrons. The van der Waals surface area contributed by atoms with E-state index in [-0.39, 0.29) is 5.91 Å². The molecule has 0 radical (unpaired) electrons. The third kappa shape index (κ3) is 2.56. The lowest BCUT2D eigenvalue weighted by molar-refractivity contribution is -0.110. The van der Waals surface area contributed by atoms with Crippen molar-refractivity contribution in [3.05, 3.63) is 52.2 Å². The fourth-order valence-corrected chi connectivity index (χ4v) is 3.82. The Labute approximate surface area is 152 Å². The first-order valence-corrected chi connectivity index (χ1v) is 9.27. The Hall–Kier alpha value is -1.89. The third-order valence-corrected chi connectivity index (χ3v) is 5.95. The summed E-state index contributed by atoms with van der Waals surface area (Å²) in [4.78, 5) is 12.8. The number of hydrogen-bond acceptors (Lipinski definition) is 4. The molecule has 1 aromatic heterocycles. The SMILES string of the molecule is CC1(C)OB(/C(=C2\C(=O)Nc3ccccc32)c2ccsc2)OC1(C)C. The largest absolute Gasteiger partial charge is 0.496 e. The van der Waals surface area contributed by atoms with Gasteiger partial charge in [-0.1, -0.05) is 18.2 Å². The molecule has 1 N–H and O–H groups in total. The van der Waals surface area contributed by atoms with Gasteiger partial charge < -0.3 is 14.6 Å². The lowest BCUT2D eigenvalue weighted by atomic mass is 9.71. The van der Waals surface area contributed by atoms with Gasteiger partial charge >= 0.3 is 7.12 Å². The number of hydrogen-bond donors (Lipinski definition) is 1. The molecule has 4 nitrogen and oxygen atoms in total. The van der Waals surface area contributed by atoms with Crippen molar-refractivity contribution in [1.82, 2.24) is 0 Å². The quantitative estimate of drug-likeness (QED) is 0.649. The molecule has 0 aliphatic carbocycles. The first-order chi connectivity index (χ1) is 11.8. The molecule has 0 bridgehead atoms. The first kappa shape index (κ1) is 16.6. The summed E-state index contributed by atoms with van der Waals surface area (Å²) in [7, 11) is -0.591. The van der Waals surface area contributed by atoms with Gasteiger partial charge in [-0.25, -0.2) is 0 Å². The maximum atomic E-state index is 12.8. The summed E-state index contributed by atoms with van der Waals surface area (Å²) in [6.45, 7) is 8.08. The van der Waals surface area contributed by atoms with E-state index in [2.05, 4.69) is 5.32 Å². The van der Waals surface area contributed by atoms with Crippen LogP contribution >= 0.6 is 11.3 Å². The van der Waals surface area contributed by atoms with E-state index in [1.807, 2.05) is 68.8 Å². The average molecular weight is 353 g/mol. The maximum absolute atomic E-state index is 12.8. The molecule has 4 rings (SSSR count). The molecule has 1 saturated heterocycles. The molecule has 1 fully saturated rings. The minimum absolute atomic E-state index is 0.114. The summed E-state index contributed by atoms with van der Waals surface area (Å²) in [5.74, 6) is -0.114. The van der Waals surface area contributed by atoms with Crippen LogP contribution in [-0.2, 0) is 14.1 Å². The molecule has 0 atom stereocenters. The molecule has 1 aromatic carbocycles. The number of thiophene rings is 1. The van der Waals surface area contributed by atoms with E-state index >= 15 is 0 Å². The lowest BCUT2D eigenvalue weighted by Gasteiger charge is -2.32. The molecule has 25 heavy (non-hydrogen) atoms. The molecular formula is C19H20BNO3S. The van der Waals surface area contributed by atoms with Crippen LogP contribution in [0, 0.1) is 0 Å². The molecular weight excluding hydrogens is 333 g/mol. The Morgan fingerprint density at radius 3 is 2.40 bits per heavy atom. The predicted octanol–water partition coefficient (Wildman–Crippen LogP) is 4.24. The number of carbonyl (C=O) groups excluding carboxylic acids is 1. The molecule has 2 aromatic rings. The van der Waals surface area contributed by atoms with Crippen LogP contribution in [0.25, 0.3) is 11.0 Å². The summed E-state index contributed by atoms with van der Waals surface area (Å²) in [6.07, 6.45) is 0. The fourth-order valence-electron chi connectivity index (χ4n) is 3.16. The Morgan fingerprint density at radius 2 is 1.76 bits per heavy atom. The van der Waals surface area contributed by atoms with Crippen molar-refractivity contribution < 1.29 is 14.1 Å². The van der Waals surface area contributed by atoms with Crippen LogP contribution in [-0.4, -0.2) is 24.2 Å². The van der Waals surface area contributed by atoms with Crippen molar-refractivity contribution in [3.8, 4) is 0 Å². The van der Waals surface area contributed by atoms with Crippen molar-refractivity contribution in [2.45, 2.75) is 38.9 Å². The zero-order valence-electron chi connectivity index (χ0n) is 14.8. The van der Waals surface area contributed by atoms with E-state index in [1.165, 1.54) is 0 Å². The summed E-state index contributed by atoms with van der Waals surface area (Å²) < 4.78 is 12.5. The van der Waals surface area contributed by atoms with Gasteiger partial charge in [0.05, 0.1) is 11.2 Å². The monoisotopic (exact) mass is 353 g/mol. The number of carbonyl (C=O) groups is 1. The molecule has 0 saturated carbocycles. The standard InChI is InChI=1S/C19H20BNO3S/c1-18(2)19(3,4)24-20(23-18)16(12-9-10-25-11-12)15-13-7-5-6-8-14(13)21-17(15)22/h5-11H,1-4H3,(H,21,22)/b16-15-. The minimum Gasteiger partial charge on any atom is -0.399 e. The Kier molecular flexibility index (Phi) is 3.69. The molecule has 6 heteroatoms. The summed E-state index contributed by atoms with van der Waals surface area (Å²) in [6, 6.07) is 9.73. The lowest BCUT2D eigenvalue weighted by Crippen LogP contribution is -2.41. The summed E-state index contributed by atoms with van der Waals surface area (Å²) >= 11 is 1.59. The highest BCUT2D eigenvalue weighted by Gasteiger charge is 2.54. The average Bonchev–Trinajstić information content (AvgIpc) is 3.20. The number of rotatable bonds is 2. The number of anilines is 1. The van der Waals surface area contributed by atoms with Crippen LogP contribution in [0.1, 0.15) is 38.8 Å². The topological polar surface area (TPSA) is 47.6 Å². The normalized spacial score (nSPS) is 22.7. The van der Waals surface area contributed by atoms with Gasteiger partial charge in [0.2, 0.25) is 0 Å². The summed E-state index contributed by atoms with van der Waals surface area (Å²) in [5, 5.41) is 6.98. The van der Waals surface area contributed by atoms with Crippen LogP contribution in [0.15, 0.2) is 41.1 Å². The van der Waals surface area contributed by atoms with Gasteiger partial charge in [-0.2, -0.15) is 11.3 Å². The molecule has 3 heterocycles. The second kappa shape index (κ2) is 5.56. The van der Waals surface area contributed by atoms with Crippen molar-refractivity contribution in [2.24, 2.45) is 0 Å². The molecule has 1 amide bonds. The van der Waals surface area contributed by atoms with E-state index in [4.69, 9.17) is 9.31 Å². The van der Waals surface area contributed by atoms with Gasteiger partial charge in [-0.3, -0.25) is 4.79 Å². The smallest absolute Gasteiger partial charge is 0.399 e. The van der Waals surface area contributed by atoms with Gasteiger partial charge in [-0.05, 0) is 56.2 Å². The fraction of sp³-hybridized carbons (Fsp3) is 0.316. The van der Waals surface area contributed by atoms with Gasteiger partial charge in [0.25, 0.3) is 5.91 Å². The molecule has 0 spiro atoms. The van der Waals surface area contributed by atoms with Crippen LogP contribution in [0.4, 0.5) is 5.69 Å². The van der Waals surface area contributed by atoms with Crippen LogP contribution in [0.5, 0.6) is 0 Å². The second-order valence-corrected chi connectivity index (χ2v) is 8.17. The van der Waals surface area contributed by atoms with E-state index in [9.17, 15) is 4.79 Å². The molecule has 2 aliphatic heterocycles. The van der Waals surface area contributed by atoms with Gasteiger partial charge in [0.1, 0.15) is 0 Å². The Balaban J connectivity index is 1.92. The second-order valence-electron chi connectivity index (χ2n) is 7.39. The van der Waals surface area contributed by atoms with Crippen molar-refractivity contribution in [2.75, 3.05) is 5.32 Å². The van der Waals surface area contributed by atoms with Crippen LogP contribution in [0.2, 0.25) is 0 Å². The molecule has 0 unspecified atom stereocenters. The number of para-hydroxylation sites is 1. The van der Waals surface area contributed by atoms with Gasteiger partial charge in [0, 0.05) is 22.3 Å². The predicted molar refractivity (Wildman–Crippen MR) is 102 cm³/mol. The zero-order valence-corrected chi connectivity index (χ0v) is 15.6. The van der Waals surface area contributed by atoms with Crippen LogP contribution < -0.4 is 5.32 Å². The maximum Gasteiger partial charge on any atom is 0.496 e. The highest BCUT2D eigenvalue weighted by molar-refractivity contribution is 7.08. The van der Waals surface area contributed by atoms with E-state index in [0.717, 1.165) is 22.3 Å². The number of amides is 1. The summed E-state index contributed by atoms with van der Waals surface area (Å²) in [5.41, 5.74) is 3.18. The first-order valence-electron chi connectivity index (χ1n) is 8.33. The van der Waals surface area contributed by atoms with Crippen molar-refractivity contribution in [3.63, 3.8) is 0 Å². The Morgan fingerprint density at radius 1 is 1.08 bits per heavy atom. The van der Waals surface area contributed by atoms with Crippen LogP contribution in [0.3, 0.4) is 0 Å². The number of nitrogens with one attached hydrogen (secondary N) is 1.